The summed E-state index contributed by atoms with van der Waals surface area (Å²) in [5.74, 6) is 2.09. The van der Waals surface area contributed by atoms with Crippen LogP contribution < -0.4 is 5.32 Å². The lowest BCUT2D eigenvalue weighted by Gasteiger charge is -2.36. The average Bonchev–Trinajstić information content (AvgIpc) is 3.11. The zero-order chi connectivity index (χ0) is 14.1. The molecule has 3 rings (SSSR count). The molecule has 0 amide bonds. The van der Waals surface area contributed by atoms with Crippen molar-refractivity contribution < 1.29 is 13.6 Å². The molecule has 4 heteroatoms. The van der Waals surface area contributed by atoms with Crippen molar-refractivity contribution in [1.29, 1.82) is 0 Å². The molecule has 2 aromatic heterocycles. The van der Waals surface area contributed by atoms with Gasteiger partial charge in [-0.15, -0.1) is 0 Å². The van der Waals surface area contributed by atoms with Gasteiger partial charge in [-0.2, -0.15) is 0 Å². The lowest BCUT2D eigenvalue weighted by Crippen LogP contribution is -2.44. The second-order valence-corrected chi connectivity index (χ2v) is 5.67. The molecule has 20 heavy (non-hydrogen) atoms. The summed E-state index contributed by atoms with van der Waals surface area (Å²) in [5, 5.41) is 3.51. The van der Waals surface area contributed by atoms with E-state index >= 15 is 0 Å². The molecule has 1 saturated heterocycles. The minimum Gasteiger partial charge on any atom is -0.468 e. The van der Waals surface area contributed by atoms with Gasteiger partial charge in [-0.25, -0.2) is 0 Å². The summed E-state index contributed by atoms with van der Waals surface area (Å²) >= 11 is 0. The van der Waals surface area contributed by atoms with Gasteiger partial charge in [-0.3, -0.25) is 10.1 Å². The Balaban J connectivity index is 1.91. The summed E-state index contributed by atoms with van der Waals surface area (Å²) < 4.78 is 11.0. The standard InChI is InChI=1S/C16H19NO3/c1-10(2)15-12(18)9-11(13-5-3-7-19-13)17-16(15)14-6-4-8-20-14/h3-8,10-11,15-17H,9H2,1-2H3/t11-,15+,16-/m1/s1. The highest BCUT2D eigenvalue weighted by molar-refractivity contribution is 5.83. The van der Waals surface area contributed by atoms with Crippen molar-refractivity contribution in [3.63, 3.8) is 0 Å². The molecule has 4 nitrogen and oxygen atoms in total. The van der Waals surface area contributed by atoms with Gasteiger partial charge in [0.25, 0.3) is 0 Å². The molecule has 0 saturated carbocycles. The second kappa shape index (κ2) is 5.29. The van der Waals surface area contributed by atoms with Gasteiger partial charge in [-0.1, -0.05) is 13.8 Å². The van der Waals surface area contributed by atoms with Crippen LogP contribution in [0, 0.1) is 11.8 Å². The fourth-order valence-electron chi connectivity index (χ4n) is 3.06. The topological polar surface area (TPSA) is 55.4 Å². The molecule has 0 aliphatic carbocycles. The first-order valence-electron chi connectivity index (χ1n) is 7.02. The van der Waals surface area contributed by atoms with Crippen molar-refractivity contribution in [2.45, 2.75) is 32.4 Å². The number of hydrogen-bond acceptors (Lipinski definition) is 4. The molecular formula is C16H19NO3. The van der Waals surface area contributed by atoms with Crippen LogP contribution in [0.2, 0.25) is 0 Å². The van der Waals surface area contributed by atoms with Gasteiger partial charge in [0.15, 0.2) is 0 Å². The fourth-order valence-corrected chi connectivity index (χ4v) is 3.06. The van der Waals surface area contributed by atoms with Crippen LogP contribution in [0.15, 0.2) is 45.6 Å². The number of nitrogens with one attached hydrogen (secondary N) is 1. The number of rotatable bonds is 3. The van der Waals surface area contributed by atoms with E-state index in [1.54, 1.807) is 12.5 Å². The molecule has 1 aliphatic rings. The minimum absolute atomic E-state index is 0.0626. The summed E-state index contributed by atoms with van der Waals surface area (Å²) in [6.07, 6.45) is 3.75. The Labute approximate surface area is 118 Å². The van der Waals surface area contributed by atoms with Crippen molar-refractivity contribution in [2.75, 3.05) is 0 Å². The van der Waals surface area contributed by atoms with E-state index in [-0.39, 0.29) is 29.7 Å². The van der Waals surface area contributed by atoms with Crippen molar-refractivity contribution in [3.05, 3.63) is 48.3 Å². The predicted octanol–water partition coefficient (Wildman–Crippen LogP) is 3.49. The fraction of sp³-hybridized carbons (Fsp3) is 0.438. The van der Waals surface area contributed by atoms with E-state index in [0.717, 1.165) is 11.5 Å². The lowest BCUT2D eigenvalue weighted by atomic mass is 9.77. The Kier molecular flexibility index (Phi) is 3.49. The maximum Gasteiger partial charge on any atom is 0.140 e. The van der Waals surface area contributed by atoms with Gasteiger partial charge in [0.05, 0.1) is 24.6 Å². The largest absolute Gasteiger partial charge is 0.468 e. The third-order valence-corrected chi connectivity index (χ3v) is 3.97. The monoisotopic (exact) mass is 273 g/mol. The maximum absolute atomic E-state index is 12.5. The number of carbonyl (C=O) groups excluding carboxylic acids is 1. The van der Waals surface area contributed by atoms with Gasteiger partial charge >= 0.3 is 0 Å². The number of carbonyl (C=O) groups is 1. The molecule has 0 aromatic carbocycles. The van der Waals surface area contributed by atoms with E-state index < -0.39 is 0 Å². The molecule has 1 N–H and O–H groups in total. The average molecular weight is 273 g/mol. The van der Waals surface area contributed by atoms with E-state index in [0.29, 0.717) is 6.42 Å². The Morgan fingerprint density at radius 3 is 2.35 bits per heavy atom. The van der Waals surface area contributed by atoms with Crippen LogP contribution in [0.4, 0.5) is 0 Å². The van der Waals surface area contributed by atoms with Crippen molar-refractivity contribution >= 4 is 5.78 Å². The van der Waals surface area contributed by atoms with E-state index in [1.807, 2.05) is 24.3 Å². The number of Topliss-reactive ketones (excluding diaryl/α,β-unsaturated/α-hetero) is 1. The zero-order valence-corrected chi connectivity index (χ0v) is 11.7. The quantitative estimate of drug-likeness (QED) is 0.930. The predicted molar refractivity (Wildman–Crippen MR) is 74.0 cm³/mol. The van der Waals surface area contributed by atoms with Crippen LogP contribution in [0.5, 0.6) is 0 Å². The van der Waals surface area contributed by atoms with Gasteiger partial charge in [0.2, 0.25) is 0 Å². The summed E-state index contributed by atoms with van der Waals surface area (Å²) in [6.45, 7) is 4.15. The molecule has 0 bridgehead atoms. The highest BCUT2D eigenvalue weighted by Gasteiger charge is 2.41. The molecule has 0 radical (unpaired) electrons. The van der Waals surface area contributed by atoms with E-state index in [1.165, 1.54) is 0 Å². The molecule has 1 fully saturated rings. The molecular weight excluding hydrogens is 254 g/mol. The number of ketones is 1. The molecule has 3 heterocycles. The minimum atomic E-state index is -0.0960. The Morgan fingerprint density at radius 1 is 1.15 bits per heavy atom. The summed E-state index contributed by atoms with van der Waals surface area (Å²) in [4.78, 5) is 12.5. The first-order valence-corrected chi connectivity index (χ1v) is 7.02. The summed E-state index contributed by atoms with van der Waals surface area (Å²) in [5.41, 5.74) is 0. The van der Waals surface area contributed by atoms with Crippen LogP contribution in [0.25, 0.3) is 0 Å². The van der Waals surface area contributed by atoms with Crippen molar-refractivity contribution in [1.82, 2.24) is 5.32 Å². The van der Waals surface area contributed by atoms with E-state index in [4.69, 9.17) is 8.83 Å². The molecule has 0 spiro atoms. The molecule has 106 valence electrons. The normalized spacial score (nSPS) is 27.1. The SMILES string of the molecule is CC(C)[C@H]1C(=O)C[C@H](c2ccco2)N[C@@H]1c1ccco1. The third kappa shape index (κ3) is 2.31. The van der Waals surface area contributed by atoms with E-state index in [9.17, 15) is 4.79 Å². The van der Waals surface area contributed by atoms with E-state index in [2.05, 4.69) is 19.2 Å². The van der Waals surface area contributed by atoms with Gasteiger partial charge in [0.1, 0.15) is 17.3 Å². The highest BCUT2D eigenvalue weighted by Crippen LogP contribution is 2.38. The number of piperidine rings is 1. The second-order valence-electron chi connectivity index (χ2n) is 5.67. The van der Waals surface area contributed by atoms with Crippen LogP contribution in [0.1, 0.15) is 43.9 Å². The van der Waals surface area contributed by atoms with Crippen molar-refractivity contribution in [3.8, 4) is 0 Å². The molecule has 1 aliphatic heterocycles. The zero-order valence-electron chi connectivity index (χ0n) is 11.7. The molecule has 2 aromatic rings. The number of furan rings is 2. The van der Waals surface area contributed by atoms with Crippen LogP contribution in [-0.4, -0.2) is 5.78 Å². The Hall–Kier alpha value is -1.81. The highest BCUT2D eigenvalue weighted by atomic mass is 16.3. The van der Waals surface area contributed by atoms with Crippen LogP contribution >= 0.6 is 0 Å². The van der Waals surface area contributed by atoms with Crippen molar-refractivity contribution in [2.24, 2.45) is 11.8 Å². The summed E-state index contributed by atoms with van der Waals surface area (Å²) in [7, 11) is 0. The Bertz CT molecular complexity index is 557. The van der Waals surface area contributed by atoms with Crippen LogP contribution in [-0.2, 0) is 4.79 Å². The number of hydrogen-bond donors (Lipinski definition) is 1. The Morgan fingerprint density at radius 2 is 1.80 bits per heavy atom. The van der Waals surface area contributed by atoms with Gasteiger partial charge < -0.3 is 8.83 Å². The molecule has 3 atom stereocenters. The smallest absolute Gasteiger partial charge is 0.140 e. The van der Waals surface area contributed by atoms with Gasteiger partial charge in [0, 0.05) is 12.3 Å². The first kappa shape index (κ1) is 13.2. The molecule has 0 unspecified atom stereocenters. The summed E-state index contributed by atoms with van der Waals surface area (Å²) in [6, 6.07) is 7.35. The van der Waals surface area contributed by atoms with Crippen LogP contribution in [0.3, 0.4) is 0 Å². The maximum atomic E-state index is 12.5. The third-order valence-electron chi connectivity index (χ3n) is 3.97. The van der Waals surface area contributed by atoms with Gasteiger partial charge in [-0.05, 0) is 30.2 Å². The first-order chi connectivity index (χ1) is 9.66. The lowest BCUT2D eigenvalue weighted by molar-refractivity contribution is -0.129.